The Morgan fingerprint density at radius 3 is 2.76 bits per heavy atom. The maximum atomic E-state index is 12.1. The topological polar surface area (TPSA) is 63.1 Å². The lowest BCUT2D eigenvalue weighted by Crippen LogP contribution is -2.06. The number of rotatable bonds is 5. The van der Waals surface area contributed by atoms with Crippen LogP contribution < -0.4 is 0 Å². The van der Waals surface area contributed by atoms with Crippen molar-refractivity contribution in [1.82, 2.24) is 9.97 Å². The number of thioether (sulfide) groups is 1. The lowest BCUT2D eigenvalue weighted by molar-refractivity contribution is -0.134. The van der Waals surface area contributed by atoms with E-state index in [0.29, 0.717) is 20.8 Å². The number of thiophene rings is 1. The molecule has 0 amide bonds. The molecule has 0 aliphatic rings. The minimum absolute atomic E-state index is 0.00532. The van der Waals surface area contributed by atoms with Gasteiger partial charge in [0.2, 0.25) is 0 Å². The molecule has 0 saturated carbocycles. The van der Waals surface area contributed by atoms with Crippen molar-refractivity contribution in [2.75, 3.05) is 5.75 Å². The minimum atomic E-state index is -4.16. The van der Waals surface area contributed by atoms with Gasteiger partial charge < -0.3 is 5.11 Å². The zero-order chi connectivity index (χ0) is 15.6. The molecule has 0 atom stereocenters. The molecule has 0 bridgehead atoms. The number of alkyl halides is 3. The fourth-order valence-corrected chi connectivity index (χ4v) is 3.84. The van der Waals surface area contributed by atoms with Crippen LogP contribution in [0.4, 0.5) is 13.2 Å². The van der Waals surface area contributed by atoms with E-state index in [2.05, 4.69) is 9.97 Å². The van der Waals surface area contributed by atoms with Crippen LogP contribution >= 0.6 is 23.1 Å². The number of hydrogen-bond acceptors (Lipinski definition) is 5. The molecule has 2 rings (SSSR count). The third-order valence-electron chi connectivity index (χ3n) is 2.73. The fourth-order valence-electron chi connectivity index (χ4n) is 1.79. The number of hydrogen-bond donors (Lipinski definition) is 1. The summed E-state index contributed by atoms with van der Waals surface area (Å²) in [5.41, 5.74) is 0.557. The minimum Gasteiger partial charge on any atom is -0.477 e. The van der Waals surface area contributed by atoms with E-state index in [9.17, 15) is 18.0 Å². The predicted octanol–water partition coefficient (Wildman–Crippen LogP) is 4.13. The molecule has 2 aromatic rings. The van der Waals surface area contributed by atoms with Crippen molar-refractivity contribution < 1.29 is 23.1 Å². The van der Waals surface area contributed by atoms with Crippen molar-refractivity contribution in [3.8, 4) is 0 Å². The van der Waals surface area contributed by atoms with Gasteiger partial charge in [0.15, 0.2) is 0 Å². The van der Waals surface area contributed by atoms with Gasteiger partial charge in [-0.2, -0.15) is 13.2 Å². The number of fused-ring (bicyclic) bond motifs is 1. The Balaban J connectivity index is 2.18. The number of aromatic nitrogens is 2. The molecule has 0 fully saturated rings. The molecule has 0 aliphatic heterocycles. The predicted molar refractivity (Wildman–Crippen MR) is 75.1 cm³/mol. The van der Waals surface area contributed by atoms with E-state index in [0.717, 1.165) is 11.3 Å². The normalized spacial score (nSPS) is 12.0. The van der Waals surface area contributed by atoms with Crippen LogP contribution in [0.5, 0.6) is 0 Å². The average molecular weight is 336 g/mol. The molecule has 114 valence electrons. The lowest BCUT2D eigenvalue weighted by Gasteiger charge is -2.06. The zero-order valence-electron chi connectivity index (χ0n) is 10.9. The summed E-state index contributed by atoms with van der Waals surface area (Å²) in [4.78, 5) is 19.9. The van der Waals surface area contributed by atoms with Crippen LogP contribution in [0.15, 0.2) is 11.4 Å². The first-order valence-corrected chi connectivity index (χ1v) is 7.76. The Hall–Kier alpha value is -1.35. The standard InChI is InChI=1S/C12H11F3N2O2S2/c1-6-7-9(20-4-2-3-12(13,14)15)16-5-17-10(7)21-8(6)11(18)19/h5H,2-4H2,1H3,(H,18,19). The van der Waals surface area contributed by atoms with E-state index in [1.807, 2.05) is 0 Å². The molecule has 2 heterocycles. The van der Waals surface area contributed by atoms with Gasteiger partial charge in [-0.1, -0.05) is 0 Å². The van der Waals surface area contributed by atoms with E-state index in [1.165, 1.54) is 18.1 Å². The van der Waals surface area contributed by atoms with Crippen molar-refractivity contribution in [1.29, 1.82) is 0 Å². The summed E-state index contributed by atoms with van der Waals surface area (Å²) in [6.45, 7) is 1.66. The van der Waals surface area contributed by atoms with Gasteiger partial charge in [0.1, 0.15) is 21.1 Å². The van der Waals surface area contributed by atoms with Gasteiger partial charge in [0.05, 0.1) is 0 Å². The number of carboxylic acids is 1. The molecule has 9 heteroatoms. The SMILES string of the molecule is Cc1c(C(=O)O)sc2ncnc(SCCCC(F)(F)F)c12. The third-order valence-corrected chi connectivity index (χ3v) is 4.99. The Kier molecular flexibility index (Phi) is 4.72. The van der Waals surface area contributed by atoms with Crippen LogP contribution in [-0.4, -0.2) is 33.0 Å². The number of aromatic carboxylic acids is 1. The molecule has 0 spiro atoms. The quantitative estimate of drug-likeness (QED) is 0.505. The largest absolute Gasteiger partial charge is 0.477 e. The van der Waals surface area contributed by atoms with Crippen LogP contribution in [-0.2, 0) is 0 Å². The number of carbonyl (C=O) groups is 1. The van der Waals surface area contributed by atoms with E-state index < -0.39 is 18.6 Å². The molecular weight excluding hydrogens is 325 g/mol. The van der Waals surface area contributed by atoms with Crippen LogP contribution in [0.1, 0.15) is 28.1 Å². The summed E-state index contributed by atoms with van der Waals surface area (Å²) in [7, 11) is 0. The second-order valence-corrected chi connectivity index (χ2v) is 6.37. The van der Waals surface area contributed by atoms with Crippen LogP contribution in [0.3, 0.4) is 0 Å². The summed E-state index contributed by atoms with van der Waals surface area (Å²) < 4.78 is 36.3. The molecular formula is C12H11F3N2O2S2. The molecule has 0 unspecified atom stereocenters. The Bertz CT molecular complexity index is 670. The van der Waals surface area contributed by atoms with Crippen LogP contribution in [0.25, 0.3) is 10.2 Å². The van der Waals surface area contributed by atoms with Gasteiger partial charge in [-0.3, -0.25) is 0 Å². The lowest BCUT2D eigenvalue weighted by atomic mass is 10.2. The van der Waals surface area contributed by atoms with Crippen molar-refractivity contribution in [3.05, 3.63) is 16.8 Å². The highest BCUT2D eigenvalue weighted by Crippen LogP contribution is 2.35. The summed E-state index contributed by atoms with van der Waals surface area (Å²) >= 11 is 2.24. The highest BCUT2D eigenvalue weighted by Gasteiger charge is 2.26. The summed E-state index contributed by atoms with van der Waals surface area (Å²) in [5.74, 6) is -0.771. The third kappa shape index (κ3) is 3.85. The first kappa shape index (κ1) is 16.0. The molecule has 2 aromatic heterocycles. The molecule has 21 heavy (non-hydrogen) atoms. The van der Waals surface area contributed by atoms with Crippen molar-refractivity contribution in [3.63, 3.8) is 0 Å². The van der Waals surface area contributed by atoms with E-state index in [1.54, 1.807) is 6.92 Å². The molecule has 0 aromatic carbocycles. The smallest absolute Gasteiger partial charge is 0.389 e. The highest BCUT2D eigenvalue weighted by molar-refractivity contribution is 7.99. The molecule has 4 nitrogen and oxygen atoms in total. The number of aryl methyl sites for hydroxylation is 1. The van der Waals surface area contributed by atoms with Gasteiger partial charge >= 0.3 is 12.1 Å². The van der Waals surface area contributed by atoms with Crippen LogP contribution in [0.2, 0.25) is 0 Å². The maximum Gasteiger partial charge on any atom is 0.389 e. The van der Waals surface area contributed by atoms with Gasteiger partial charge in [0.25, 0.3) is 0 Å². The van der Waals surface area contributed by atoms with Gasteiger partial charge in [-0.05, 0) is 24.7 Å². The number of nitrogens with zero attached hydrogens (tertiary/aromatic N) is 2. The second-order valence-electron chi connectivity index (χ2n) is 4.29. The van der Waals surface area contributed by atoms with Crippen LogP contribution in [0, 0.1) is 6.92 Å². The first-order valence-electron chi connectivity index (χ1n) is 5.96. The van der Waals surface area contributed by atoms with Gasteiger partial charge in [-0.15, -0.1) is 23.1 Å². The molecule has 0 radical (unpaired) electrons. The first-order chi connectivity index (χ1) is 9.79. The van der Waals surface area contributed by atoms with Gasteiger partial charge in [0, 0.05) is 11.8 Å². The Labute approximate surface area is 126 Å². The van der Waals surface area contributed by atoms with Crippen molar-refractivity contribution >= 4 is 39.3 Å². The molecule has 0 saturated heterocycles. The molecule has 0 aliphatic carbocycles. The number of carboxylic acid groups (broad SMARTS) is 1. The van der Waals surface area contributed by atoms with Crippen molar-refractivity contribution in [2.24, 2.45) is 0 Å². The Morgan fingerprint density at radius 1 is 1.43 bits per heavy atom. The Morgan fingerprint density at radius 2 is 2.14 bits per heavy atom. The van der Waals surface area contributed by atoms with E-state index in [-0.39, 0.29) is 17.1 Å². The summed E-state index contributed by atoms with van der Waals surface area (Å²) in [6.07, 6.45) is -3.70. The number of halogens is 3. The fraction of sp³-hybridized carbons (Fsp3) is 0.417. The molecule has 1 N–H and O–H groups in total. The highest BCUT2D eigenvalue weighted by atomic mass is 32.2. The second kappa shape index (κ2) is 6.18. The monoisotopic (exact) mass is 336 g/mol. The van der Waals surface area contributed by atoms with Gasteiger partial charge in [-0.25, -0.2) is 14.8 Å². The van der Waals surface area contributed by atoms with E-state index >= 15 is 0 Å². The summed E-state index contributed by atoms with van der Waals surface area (Å²) in [6, 6.07) is 0. The average Bonchev–Trinajstić information content (AvgIpc) is 2.72. The maximum absolute atomic E-state index is 12.1. The van der Waals surface area contributed by atoms with E-state index in [4.69, 9.17) is 5.11 Å². The summed E-state index contributed by atoms with van der Waals surface area (Å²) in [5, 5.41) is 10.2. The van der Waals surface area contributed by atoms with Crippen molar-refractivity contribution in [2.45, 2.75) is 31.0 Å². The zero-order valence-corrected chi connectivity index (χ0v) is 12.5.